The average Bonchev–Trinajstić information content (AvgIpc) is 2.57. The summed E-state index contributed by atoms with van der Waals surface area (Å²) in [7, 11) is -3.51. The Morgan fingerprint density at radius 3 is 2.43 bits per heavy atom. The molecular formula is C16H24FN3O2S. The largest absolute Gasteiger partial charge is 0.316 e. The van der Waals surface area contributed by atoms with Crippen LogP contribution in [0.25, 0.3) is 0 Å². The fraction of sp³-hybridized carbons (Fsp3) is 0.625. The fourth-order valence-corrected chi connectivity index (χ4v) is 4.78. The molecule has 1 unspecified atom stereocenters. The normalized spacial score (nSPS) is 24.7. The molecule has 2 heterocycles. The Hall–Kier alpha value is -1.02. The van der Waals surface area contributed by atoms with E-state index in [1.165, 1.54) is 41.4 Å². The molecule has 2 aliphatic rings. The van der Waals surface area contributed by atoms with Gasteiger partial charge in [0.25, 0.3) is 0 Å². The summed E-state index contributed by atoms with van der Waals surface area (Å²) >= 11 is 0. The number of piperidine rings is 1. The smallest absolute Gasteiger partial charge is 0.243 e. The number of sulfonamides is 1. The van der Waals surface area contributed by atoms with Crippen molar-refractivity contribution < 1.29 is 12.8 Å². The van der Waals surface area contributed by atoms with Gasteiger partial charge >= 0.3 is 0 Å². The maximum absolute atomic E-state index is 13.0. The van der Waals surface area contributed by atoms with Crippen LogP contribution in [0.5, 0.6) is 0 Å². The van der Waals surface area contributed by atoms with Gasteiger partial charge in [0, 0.05) is 32.7 Å². The molecule has 7 heteroatoms. The highest BCUT2D eigenvalue weighted by atomic mass is 32.2. The highest BCUT2D eigenvalue weighted by Crippen LogP contribution is 2.19. The number of benzene rings is 1. The topological polar surface area (TPSA) is 52.7 Å². The van der Waals surface area contributed by atoms with E-state index in [4.69, 9.17) is 0 Å². The standard InChI is InChI=1S/C16H24FN3O2S/c17-15-3-5-16(6-4-15)23(21,22)20-10-8-19(9-11-20)13-14-2-1-7-18-12-14/h3-6,14,18H,1-2,7-13H2. The first-order valence-corrected chi connectivity index (χ1v) is 9.68. The number of hydrogen-bond acceptors (Lipinski definition) is 4. The average molecular weight is 341 g/mol. The lowest BCUT2D eigenvalue weighted by atomic mass is 9.99. The van der Waals surface area contributed by atoms with Gasteiger partial charge in [-0.1, -0.05) is 0 Å². The van der Waals surface area contributed by atoms with Crippen molar-refractivity contribution in [2.45, 2.75) is 17.7 Å². The lowest BCUT2D eigenvalue weighted by molar-refractivity contribution is 0.154. The summed E-state index contributed by atoms with van der Waals surface area (Å²) < 4.78 is 39.6. The van der Waals surface area contributed by atoms with E-state index in [9.17, 15) is 12.8 Å². The predicted molar refractivity (Wildman–Crippen MR) is 87.2 cm³/mol. The van der Waals surface area contributed by atoms with Gasteiger partial charge in [0.2, 0.25) is 10.0 Å². The van der Waals surface area contributed by atoms with Gasteiger partial charge in [0.15, 0.2) is 0 Å². The Labute approximate surface area is 137 Å². The van der Waals surface area contributed by atoms with Crippen LogP contribution in [-0.2, 0) is 10.0 Å². The first kappa shape index (κ1) is 16.8. The zero-order valence-corrected chi connectivity index (χ0v) is 14.1. The van der Waals surface area contributed by atoms with E-state index in [1.54, 1.807) is 0 Å². The molecule has 2 saturated heterocycles. The molecule has 1 N–H and O–H groups in total. The van der Waals surface area contributed by atoms with Crippen LogP contribution in [0.15, 0.2) is 29.2 Å². The number of hydrogen-bond donors (Lipinski definition) is 1. The van der Waals surface area contributed by atoms with Crippen molar-refractivity contribution in [2.75, 3.05) is 45.8 Å². The number of piperazine rings is 1. The van der Waals surface area contributed by atoms with Gasteiger partial charge in [-0.2, -0.15) is 4.31 Å². The molecule has 0 saturated carbocycles. The molecule has 1 aromatic carbocycles. The van der Waals surface area contributed by atoms with Crippen LogP contribution in [0, 0.1) is 11.7 Å². The monoisotopic (exact) mass is 341 g/mol. The minimum Gasteiger partial charge on any atom is -0.316 e. The molecule has 0 aliphatic carbocycles. The Morgan fingerprint density at radius 2 is 1.83 bits per heavy atom. The van der Waals surface area contributed by atoms with E-state index in [-0.39, 0.29) is 4.90 Å². The first-order valence-electron chi connectivity index (χ1n) is 8.24. The maximum atomic E-state index is 13.0. The first-order chi connectivity index (χ1) is 11.1. The summed E-state index contributed by atoms with van der Waals surface area (Å²) in [6.45, 7) is 5.74. The second kappa shape index (κ2) is 7.25. The third-order valence-electron chi connectivity index (χ3n) is 4.70. The molecule has 23 heavy (non-hydrogen) atoms. The summed E-state index contributed by atoms with van der Waals surface area (Å²) in [5.41, 5.74) is 0. The number of halogens is 1. The summed E-state index contributed by atoms with van der Waals surface area (Å²) in [6.07, 6.45) is 2.48. The van der Waals surface area contributed by atoms with Crippen LogP contribution in [-0.4, -0.2) is 63.4 Å². The molecule has 1 atom stereocenters. The highest BCUT2D eigenvalue weighted by Gasteiger charge is 2.29. The Morgan fingerprint density at radius 1 is 1.13 bits per heavy atom. The van der Waals surface area contributed by atoms with E-state index in [0.29, 0.717) is 19.0 Å². The second-order valence-electron chi connectivity index (χ2n) is 6.37. The van der Waals surface area contributed by atoms with Crippen molar-refractivity contribution in [2.24, 2.45) is 5.92 Å². The van der Waals surface area contributed by atoms with Crippen molar-refractivity contribution in [1.82, 2.24) is 14.5 Å². The van der Waals surface area contributed by atoms with E-state index >= 15 is 0 Å². The quantitative estimate of drug-likeness (QED) is 0.892. The summed E-state index contributed by atoms with van der Waals surface area (Å²) in [5, 5.41) is 3.42. The molecule has 2 aliphatic heterocycles. The van der Waals surface area contributed by atoms with Crippen molar-refractivity contribution in [1.29, 1.82) is 0 Å². The molecule has 128 valence electrons. The Balaban J connectivity index is 1.56. The molecule has 1 aromatic rings. The third-order valence-corrected chi connectivity index (χ3v) is 6.61. The predicted octanol–water partition coefficient (Wildman–Crippen LogP) is 1.13. The van der Waals surface area contributed by atoms with E-state index in [1.807, 2.05) is 0 Å². The molecule has 5 nitrogen and oxygen atoms in total. The third kappa shape index (κ3) is 4.09. The molecule has 0 bridgehead atoms. The molecular weight excluding hydrogens is 317 g/mol. The Bertz CT molecular complexity index is 607. The second-order valence-corrected chi connectivity index (χ2v) is 8.31. The Kier molecular flexibility index (Phi) is 5.31. The van der Waals surface area contributed by atoms with Crippen LogP contribution in [0.1, 0.15) is 12.8 Å². The molecule has 0 radical (unpaired) electrons. The summed E-state index contributed by atoms with van der Waals surface area (Å²) in [5.74, 6) is 0.249. The van der Waals surface area contributed by atoms with Crippen LogP contribution >= 0.6 is 0 Å². The van der Waals surface area contributed by atoms with Gasteiger partial charge in [0.1, 0.15) is 5.82 Å². The van der Waals surface area contributed by atoms with Gasteiger partial charge in [-0.25, -0.2) is 12.8 Å². The number of nitrogens with one attached hydrogen (secondary N) is 1. The van der Waals surface area contributed by atoms with Crippen LogP contribution < -0.4 is 5.32 Å². The summed E-state index contributed by atoms with van der Waals surface area (Å²) in [4.78, 5) is 2.53. The minimum absolute atomic E-state index is 0.170. The summed E-state index contributed by atoms with van der Waals surface area (Å²) in [6, 6.07) is 5.06. The number of nitrogens with zero attached hydrogens (tertiary/aromatic N) is 2. The minimum atomic E-state index is -3.51. The highest BCUT2D eigenvalue weighted by molar-refractivity contribution is 7.89. The SMILES string of the molecule is O=S(=O)(c1ccc(F)cc1)N1CCN(CC2CCCNC2)CC1. The zero-order valence-electron chi connectivity index (χ0n) is 13.2. The molecule has 0 aromatic heterocycles. The molecule has 0 spiro atoms. The van der Waals surface area contributed by atoms with Crippen molar-refractivity contribution in [3.8, 4) is 0 Å². The lowest BCUT2D eigenvalue weighted by Gasteiger charge is -2.36. The molecule has 0 amide bonds. The van der Waals surface area contributed by atoms with Crippen LogP contribution in [0.3, 0.4) is 0 Å². The van der Waals surface area contributed by atoms with Crippen molar-refractivity contribution >= 4 is 10.0 Å². The van der Waals surface area contributed by atoms with Crippen molar-refractivity contribution in [3.63, 3.8) is 0 Å². The van der Waals surface area contributed by atoms with E-state index in [0.717, 1.165) is 32.7 Å². The fourth-order valence-electron chi connectivity index (χ4n) is 3.35. The molecule has 3 rings (SSSR count). The zero-order chi connectivity index (χ0) is 16.3. The van der Waals surface area contributed by atoms with Crippen LogP contribution in [0.2, 0.25) is 0 Å². The van der Waals surface area contributed by atoms with E-state index < -0.39 is 15.8 Å². The molecule has 2 fully saturated rings. The van der Waals surface area contributed by atoms with Gasteiger partial charge < -0.3 is 10.2 Å². The van der Waals surface area contributed by atoms with Gasteiger partial charge in [0.05, 0.1) is 4.90 Å². The van der Waals surface area contributed by atoms with Crippen molar-refractivity contribution in [3.05, 3.63) is 30.1 Å². The van der Waals surface area contributed by atoms with Gasteiger partial charge in [-0.15, -0.1) is 0 Å². The number of rotatable bonds is 4. The van der Waals surface area contributed by atoms with Gasteiger partial charge in [-0.05, 0) is 56.1 Å². The van der Waals surface area contributed by atoms with E-state index in [2.05, 4.69) is 10.2 Å². The maximum Gasteiger partial charge on any atom is 0.243 e. The van der Waals surface area contributed by atoms with Gasteiger partial charge in [-0.3, -0.25) is 0 Å². The lowest BCUT2D eigenvalue weighted by Crippen LogP contribution is -2.50. The van der Waals surface area contributed by atoms with Crippen LogP contribution in [0.4, 0.5) is 4.39 Å².